The van der Waals surface area contributed by atoms with Crippen LogP contribution < -0.4 is 14.2 Å². The Kier molecular flexibility index (Phi) is 4.44. The highest BCUT2D eigenvalue weighted by molar-refractivity contribution is 8.00. The lowest BCUT2D eigenvalue weighted by molar-refractivity contribution is -0.128. The van der Waals surface area contributed by atoms with Gasteiger partial charge in [-0.05, 0) is 41.8 Å². The third kappa shape index (κ3) is 3.26. The Balaban J connectivity index is 1.50. The van der Waals surface area contributed by atoms with E-state index in [0.717, 1.165) is 34.8 Å². The van der Waals surface area contributed by atoms with Crippen LogP contribution in [0.3, 0.4) is 0 Å². The van der Waals surface area contributed by atoms with Gasteiger partial charge in [-0.2, -0.15) is 0 Å². The summed E-state index contributed by atoms with van der Waals surface area (Å²) in [5.41, 5.74) is 2.24. The van der Waals surface area contributed by atoms with Crippen LogP contribution >= 0.6 is 11.8 Å². The molecule has 1 fully saturated rings. The van der Waals surface area contributed by atoms with E-state index in [4.69, 9.17) is 14.2 Å². The van der Waals surface area contributed by atoms with Crippen LogP contribution in [0, 0.1) is 0 Å². The van der Waals surface area contributed by atoms with E-state index in [0.29, 0.717) is 12.3 Å². The van der Waals surface area contributed by atoms with Gasteiger partial charge >= 0.3 is 0 Å². The second kappa shape index (κ2) is 6.88. The molecule has 1 saturated heterocycles. The molecule has 4 rings (SSSR count). The Morgan fingerprint density at radius 3 is 2.96 bits per heavy atom. The number of benzene rings is 2. The number of carbonyl (C=O) groups is 1. The smallest absolute Gasteiger partial charge is 0.233 e. The maximum absolute atomic E-state index is 12.4. The van der Waals surface area contributed by atoms with Gasteiger partial charge in [0.25, 0.3) is 0 Å². The van der Waals surface area contributed by atoms with Crippen molar-refractivity contribution in [2.24, 2.45) is 0 Å². The summed E-state index contributed by atoms with van der Waals surface area (Å²) in [6, 6.07) is 13.9. The van der Waals surface area contributed by atoms with E-state index in [9.17, 15) is 4.79 Å². The zero-order chi connectivity index (χ0) is 17.2. The molecule has 2 heterocycles. The number of amides is 1. The summed E-state index contributed by atoms with van der Waals surface area (Å²) >= 11 is 1.66. The predicted octanol–water partition coefficient (Wildman–Crippen LogP) is 3.24. The van der Waals surface area contributed by atoms with Crippen molar-refractivity contribution in [3.8, 4) is 17.2 Å². The molecule has 0 bridgehead atoms. The summed E-state index contributed by atoms with van der Waals surface area (Å²) in [5.74, 6) is 3.05. The summed E-state index contributed by atoms with van der Waals surface area (Å²) in [6.07, 6.45) is 0.796. The highest BCUT2D eigenvalue weighted by atomic mass is 32.2. The van der Waals surface area contributed by atoms with Crippen LogP contribution in [0.1, 0.15) is 16.5 Å². The number of thioether (sulfide) groups is 1. The van der Waals surface area contributed by atoms with Crippen molar-refractivity contribution in [3.63, 3.8) is 0 Å². The van der Waals surface area contributed by atoms with Gasteiger partial charge in [0, 0.05) is 6.54 Å². The highest BCUT2D eigenvalue weighted by Crippen LogP contribution is 2.42. The first-order valence-corrected chi connectivity index (χ1v) is 9.23. The first-order valence-electron chi connectivity index (χ1n) is 8.18. The first kappa shape index (κ1) is 16.1. The van der Waals surface area contributed by atoms with Crippen LogP contribution in [0.25, 0.3) is 0 Å². The van der Waals surface area contributed by atoms with Gasteiger partial charge in [-0.1, -0.05) is 18.2 Å². The number of hydrogen-bond acceptors (Lipinski definition) is 5. The van der Waals surface area contributed by atoms with E-state index in [1.165, 1.54) is 0 Å². The number of rotatable bonds is 5. The Hall–Kier alpha value is -2.34. The summed E-state index contributed by atoms with van der Waals surface area (Å²) in [5, 5.41) is 0.0209. The fraction of sp³-hybridized carbons (Fsp3) is 0.316. The van der Waals surface area contributed by atoms with Crippen molar-refractivity contribution in [2.45, 2.75) is 11.8 Å². The maximum atomic E-state index is 12.4. The Morgan fingerprint density at radius 1 is 1.20 bits per heavy atom. The molecule has 6 heteroatoms. The van der Waals surface area contributed by atoms with Crippen LogP contribution in [0.2, 0.25) is 0 Å². The van der Waals surface area contributed by atoms with E-state index in [1.807, 2.05) is 41.3 Å². The van der Waals surface area contributed by atoms with Gasteiger partial charge in [-0.3, -0.25) is 4.79 Å². The molecule has 2 aromatic rings. The van der Waals surface area contributed by atoms with Gasteiger partial charge in [0.1, 0.15) is 11.1 Å². The summed E-state index contributed by atoms with van der Waals surface area (Å²) in [6.45, 7) is 0.938. The van der Waals surface area contributed by atoms with Crippen molar-refractivity contribution in [1.29, 1.82) is 0 Å². The minimum Gasteiger partial charge on any atom is -0.497 e. The fourth-order valence-corrected chi connectivity index (χ4v) is 4.32. The molecule has 0 aliphatic carbocycles. The zero-order valence-electron chi connectivity index (χ0n) is 13.9. The van der Waals surface area contributed by atoms with Crippen molar-refractivity contribution < 1.29 is 19.0 Å². The first-order chi connectivity index (χ1) is 12.2. The molecule has 2 aliphatic heterocycles. The summed E-state index contributed by atoms with van der Waals surface area (Å²) in [7, 11) is 1.66. The number of ether oxygens (including phenoxy) is 3. The monoisotopic (exact) mass is 357 g/mol. The SMILES string of the molecule is COc1cccc(CCN2C(=O)CSC2c2ccc3c(c2)OCO3)c1. The standard InChI is InChI=1S/C19H19NO4S/c1-22-15-4-2-3-13(9-15)7-8-20-18(21)11-25-19(20)14-5-6-16-17(10-14)24-12-23-16/h2-6,9-10,19H,7-8,11-12H2,1H3. The fourth-order valence-electron chi connectivity index (χ4n) is 3.12. The second-order valence-electron chi connectivity index (χ2n) is 5.96. The zero-order valence-corrected chi connectivity index (χ0v) is 14.8. The van der Waals surface area contributed by atoms with Crippen LogP contribution in [0.5, 0.6) is 17.2 Å². The molecule has 0 radical (unpaired) electrons. The lowest BCUT2D eigenvalue weighted by atomic mass is 10.1. The van der Waals surface area contributed by atoms with Crippen molar-refractivity contribution >= 4 is 17.7 Å². The predicted molar refractivity (Wildman–Crippen MR) is 96.2 cm³/mol. The van der Waals surface area contributed by atoms with Crippen LogP contribution in [0.4, 0.5) is 0 Å². The van der Waals surface area contributed by atoms with E-state index in [1.54, 1.807) is 18.9 Å². The van der Waals surface area contributed by atoms with Gasteiger partial charge in [-0.25, -0.2) is 0 Å². The molecule has 5 nitrogen and oxygen atoms in total. The molecule has 2 aliphatic rings. The topological polar surface area (TPSA) is 48.0 Å². The quantitative estimate of drug-likeness (QED) is 0.822. The number of nitrogens with zero attached hydrogens (tertiary/aromatic N) is 1. The molecular weight excluding hydrogens is 338 g/mol. The number of hydrogen-bond donors (Lipinski definition) is 0. The average molecular weight is 357 g/mol. The van der Waals surface area contributed by atoms with Gasteiger partial charge in [0.15, 0.2) is 11.5 Å². The third-order valence-electron chi connectivity index (χ3n) is 4.43. The average Bonchev–Trinajstić information content (AvgIpc) is 3.25. The van der Waals surface area contributed by atoms with Crippen LogP contribution in [-0.4, -0.2) is 37.0 Å². The minimum atomic E-state index is 0.0209. The molecule has 0 N–H and O–H groups in total. The molecule has 0 spiro atoms. The Morgan fingerprint density at radius 2 is 2.08 bits per heavy atom. The van der Waals surface area contributed by atoms with Crippen LogP contribution in [0.15, 0.2) is 42.5 Å². The van der Waals surface area contributed by atoms with Crippen molar-refractivity contribution in [2.75, 3.05) is 26.2 Å². The molecule has 1 atom stereocenters. The summed E-state index contributed by atoms with van der Waals surface area (Å²) < 4.78 is 16.1. The largest absolute Gasteiger partial charge is 0.497 e. The normalized spacial score (nSPS) is 18.7. The number of fused-ring (bicyclic) bond motifs is 1. The van der Waals surface area contributed by atoms with E-state index < -0.39 is 0 Å². The lowest BCUT2D eigenvalue weighted by Gasteiger charge is -2.24. The lowest BCUT2D eigenvalue weighted by Crippen LogP contribution is -2.30. The van der Waals surface area contributed by atoms with Gasteiger partial charge < -0.3 is 19.1 Å². The number of methoxy groups -OCH3 is 1. The van der Waals surface area contributed by atoms with Gasteiger partial charge in [0.05, 0.1) is 12.9 Å². The Bertz CT molecular complexity index is 795. The third-order valence-corrected chi connectivity index (χ3v) is 5.68. The van der Waals surface area contributed by atoms with E-state index >= 15 is 0 Å². The van der Waals surface area contributed by atoms with Gasteiger partial charge in [-0.15, -0.1) is 11.8 Å². The molecular formula is C19H19NO4S. The highest BCUT2D eigenvalue weighted by Gasteiger charge is 2.33. The molecule has 130 valence electrons. The van der Waals surface area contributed by atoms with Crippen molar-refractivity contribution in [1.82, 2.24) is 4.90 Å². The molecule has 0 saturated carbocycles. The van der Waals surface area contributed by atoms with Crippen LogP contribution in [-0.2, 0) is 11.2 Å². The maximum Gasteiger partial charge on any atom is 0.233 e. The van der Waals surface area contributed by atoms with E-state index in [-0.39, 0.29) is 18.1 Å². The minimum absolute atomic E-state index is 0.0209. The molecule has 25 heavy (non-hydrogen) atoms. The Labute approximate surface area is 150 Å². The summed E-state index contributed by atoms with van der Waals surface area (Å²) in [4.78, 5) is 14.3. The molecule has 1 amide bonds. The molecule has 0 aromatic heterocycles. The van der Waals surface area contributed by atoms with Gasteiger partial charge in [0.2, 0.25) is 12.7 Å². The number of carbonyl (C=O) groups excluding carboxylic acids is 1. The van der Waals surface area contributed by atoms with Crippen molar-refractivity contribution in [3.05, 3.63) is 53.6 Å². The molecule has 1 unspecified atom stereocenters. The van der Waals surface area contributed by atoms with E-state index in [2.05, 4.69) is 6.07 Å². The molecule has 2 aromatic carbocycles. The second-order valence-corrected chi connectivity index (χ2v) is 7.03.